The van der Waals surface area contributed by atoms with Gasteiger partial charge >= 0.3 is 0 Å². The van der Waals surface area contributed by atoms with Crippen LogP contribution < -0.4 is 5.32 Å². The number of rotatable bonds is 4. The van der Waals surface area contributed by atoms with Crippen LogP contribution in [0.1, 0.15) is 58.3 Å². The van der Waals surface area contributed by atoms with Gasteiger partial charge in [0, 0.05) is 29.4 Å². The van der Waals surface area contributed by atoms with Crippen LogP contribution in [-0.2, 0) is 6.42 Å². The number of nitrogens with one attached hydrogen (secondary N) is 2. The third-order valence-corrected chi connectivity index (χ3v) is 5.78. The molecule has 144 valence electrons. The Balaban J connectivity index is 1.51. The molecule has 5 rings (SSSR count). The second-order valence-electron chi connectivity index (χ2n) is 7.85. The molecule has 2 N–H and O–H groups in total. The molecule has 5 nitrogen and oxygen atoms in total. The van der Waals surface area contributed by atoms with Crippen molar-refractivity contribution < 1.29 is 13.6 Å². The molecule has 0 saturated heterocycles. The molecule has 1 unspecified atom stereocenters. The van der Waals surface area contributed by atoms with Crippen LogP contribution in [0.5, 0.6) is 0 Å². The smallest absolute Gasteiger partial charge is 0.272 e. The van der Waals surface area contributed by atoms with Crippen LogP contribution in [0.25, 0.3) is 5.69 Å². The minimum Gasteiger partial charge on any atom is -0.363 e. The standard InChI is InChI=1S/C21H20F2N4O/c1-10-5-17(24-9-10)11(2)25-21(28)19-15-7-12-6-14(12)20(15)27(26-19)18-4-3-13(22)8-16(18)23/h3-5,8-9,11-12,14,24H,6-7H2,1-2H3,(H,25,28)/t11?,12-,14-/m1/s1. The number of aromatic nitrogens is 3. The molecule has 2 heterocycles. The molecule has 0 spiro atoms. The number of halogens is 2. The van der Waals surface area contributed by atoms with E-state index in [1.165, 1.54) is 16.8 Å². The average molecular weight is 382 g/mol. The lowest BCUT2D eigenvalue weighted by Crippen LogP contribution is -2.28. The molecule has 2 aliphatic rings. The van der Waals surface area contributed by atoms with E-state index in [0.717, 1.165) is 41.4 Å². The first-order valence-corrected chi connectivity index (χ1v) is 9.45. The van der Waals surface area contributed by atoms with Crippen LogP contribution in [0.4, 0.5) is 8.78 Å². The number of carbonyl (C=O) groups excluding carboxylic acids is 1. The summed E-state index contributed by atoms with van der Waals surface area (Å²) in [6.07, 6.45) is 3.69. The summed E-state index contributed by atoms with van der Waals surface area (Å²) >= 11 is 0. The summed E-state index contributed by atoms with van der Waals surface area (Å²) in [4.78, 5) is 16.1. The van der Waals surface area contributed by atoms with Crippen LogP contribution >= 0.6 is 0 Å². The van der Waals surface area contributed by atoms with Gasteiger partial charge in [-0.3, -0.25) is 4.79 Å². The van der Waals surface area contributed by atoms with Crippen molar-refractivity contribution in [2.24, 2.45) is 5.92 Å². The normalized spacial score (nSPS) is 20.6. The molecule has 28 heavy (non-hydrogen) atoms. The summed E-state index contributed by atoms with van der Waals surface area (Å²) in [6.45, 7) is 3.88. The van der Waals surface area contributed by atoms with Crippen LogP contribution in [0, 0.1) is 24.5 Å². The minimum atomic E-state index is -0.684. The van der Waals surface area contributed by atoms with Gasteiger partial charge < -0.3 is 10.3 Å². The highest BCUT2D eigenvalue weighted by atomic mass is 19.1. The second kappa shape index (κ2) is 6.02. The van der Waals surface area contributed by atoms with E-state index in [2.05, 4.69) is 15.4 Å². The molecule has 1 amide bonds. The molecular formula is C21H20F2N4O. The first-order valence-electron chi connectivity index (χ1n) is 9.45. The van der Waals surface area contributed by atoms with Gasteiger partial charge in [-0.15, -0.1) is 0 Å². The Morgan fingerprint density at radius 2 is 2.18 bits per heavy atom. The quantitative estimate of drug-likeness (QED) is 0.718. The fraction of sp³-hybridized carbons (Fsp3) is 0.333. The number of benzene rings is 1. The summed E-state index contributed by atoms with van der Waals surface area (Å²) in [6, 6.07) is 5.20. The number of fused-ring (bicyclic) bond motifs is 3. The van der Waals surface area contributed by atoms with E-state index < -0.39 is 11.6 Å². The molecule has 2 aromatic heterocycles. The van der Waals surface area contributed by atoms with E-state index >= 15 is 0 Å². The number of hydrogen-bond acceptors (Lipinski definition) is 2. The minimum absolute atomic E-state index is 0.178. The van der Waals surface area contributed by atoms with E-state index in [1.807, 2.05) is 26.1 Å². The number of amides is 1. The molecule has 0 radical (unpaired) electrons. The Bertz CT molecular complexity index is 1100. The van der Waals surface area contributed by atoms with Crippen LogP contribution in [-0.4, -0.2) is 20.7 Å². The van der Waals surface area contributed by atoms with E-state index in [0.29, 0.717) is 17.5 Å². The highest BCUT2D eigenvalue weighted by molar-refractivity contribution is 5.94. The summed E-state index contributed by atoms with van der Waals surface area (Å²) in [5.41, 5.74) is 4.29. The molecule has 1 fully saturated rings. The lowest BCUT2D eigenvalue weighted by Gasteiger charge is -2.12. The maximum absolute atomic E-state index is 14.4. The largest absolute Gasteiger partial charge is 0.363 e. The third-order valence-electron chi connectivity index (χ3n) is 5.78. The van der Waals surface area contributed by atoms with Crippen molar-refractivity contribution in [1.82, 2.24) is 20.1 Å². The van der Waals surface area contributed by atoms with E-state index in [1.54, 1.807) is 0 Å². The van der Waals surface area contributed by atoms with Gasteiger partial charge in [-0.1, -0.05) is 0 Å². The topological polar surface area (TPSA) is 62.7 Å². The van der Waals surface area contributed by atoms with Crippen molar-refractivity contribution >= 4 is 5.91 Å². The summed E-state index contributed by atoms with van der Waals surface area (Å²) in [5.74, 6) is -0.799. The Kier molecular flexibility index (Phi) is 3.69. The van der Waals surface area contributed by atoms with Gasteiger partial charge in [0.25, 0.3) is 5.91 Å². The summed E-state index contributed by atoms with van der Waals surface area (Å²) < 4.78 is 29.2. The number of carbonyl (C=O) groups is 1. The highest BCUT2D eigenvalue weighted by Crippen LogP contribution is 2.57. The summed E-state index contributed by atoms with van der Waals surface area (Å²) in [7, 11) is 0. The Morgan fingerprint density at radius 1 is 1.36 bits per heavy atom. The monoisotopic (exact) mass is 382 g/mol. The van der Waals surface area contributed by atoms with Gasteiger partial charge in [-0.2, -0.15) is 5.10 Å². The number of nitrogens with zero attached hydrogens (tertiary/aromatic N) is 2. The molecule has 3 atom stereocenters. The van der Waals surface area contributed by atoms with Gasteiger partial charge in [0.15, 0.2) is 11.5 Å². The van der Waals surface area contributed by atoms with E-state index in [4.69, 9.17) is 0 Å². The molecule has 1 aromatic carbocycles. The SMILES string of the molecule is Cc1c[nH]c(C(C)NC(=O)c2nn(-c3ccc(F)cc3F)c3c2C[C@H]2C[C@@H]32)c1. The van der Waals surface area contributed by atoms with Crippen LogP contribution in [0.15, 0.2) is 30.5 Å². The molecule has 3 aromatic rings. The highest BCUT2D eigenvalue weighted by Gasteiger charge is 2.50. The molecular weight excluding hydrogens is 362 g/mol. The lowest BCUT2D eigenvalue weighted by atomic mass is 10.1. The van der Waals surface area contributed by atoms with Gasteiger partial charge in [-0.05, 0) is 56.4 Å². The van der Waals surface area contributed by atoms with Gasteiger partial charge in [-0.25, -0.2) is 13.5 Å². The number of aryl methyl sites for hydroxylation is 1. The number of H-pyrrole nitrogens is 1. The van der Waals surface area contributed by atoms with Gasteiger partial charge in [0.1, 0.15) is 11.5 Å². The number of aromatic amines is 1. The zero-order chi connectivity index (χ0) is 19.6. The first kappa shape index (κ1) is 17.2. The Morgan fingerprint density at radius 3 is 2.89 bits per heavy atom. The fourth-order valence-electron chi connectivity index (χ4n) is 4.25. The molecule has 0 aliphatic heterocycles. The predicted octanol–water partition coefficient (Wildman–Crippen LogP) is 3.94. The van der Waals surface area contributed by atoms with Gasteiger partial charge in [0.05, 0.1) is 11.7 Å². The van der Waals surface area contributed by atoms with Crippen molar-refractivity contribution in [3.63, 3.8) is 0 Å². The molecule has 1 saturated carbocycles. The third kappa shape index (κ3) is 2.65. The predicted molar refractivity (Wildman–Crippen MR) is 99.4 cm³/mol. The maximum Gasteiger partial charge on any atom is 0.272 e. The second-order valence-corrected chi connectivity index (χ2v) is 7.85. The van der Waals surface area contributed by atoms with Crippen LogP contribution in [0.2, 0.25) is 0 Å². The molecule has 7 heteroatoms. The maximum atomic E-state index is 14.4. The molecule has 0 bridgehead atoms. The van der Waals surface area contributed by atoms with E-state index in [-0.39, 0.29) is 17.6 Å². The van der Waals surface area contributed by atoms with Crippen molar-refractivity contribution in [3.8, 4) is 5.69 Å². The number of hydrogen-bond donors (Lipinski definition) is 2. The average Bonchev–Trinajstić information content (AvgIpc) is 2.98. The van der Waals surface area contributed by atoms with Crippen molar-refractivity contribution in [1.29, 1.82) is 0 Å². The van der Waals surface area contributed by atoms with Gasteiger partial charge in [0.2, 0.25) is 0 Å². The Labute approximate surface area is 160 Å². The first-order chi connectivity index (χ1) is 13.4. The zero-order valence-electron chi connectivity index (χ0n) is 15.6. The Hall–Kier alpha value is -2.96. The van der Waals surface area contributed by atoms with Crippen molar-refractivity contribution in [3.05, 3.63) is 70.3 Å². The summed E-state index contributed by atoms with van der Waals surface area (Å²) in [5, 5.41) is 7.43. The van der Waals surface area contributed by atoms with Crippen molar-refractivity contribution in [2.45, 2.75) is 38.6 Å². The van der Waals surface area contributed by atoms with E-state index in [9.17, 15) is 13.6 Å². The zero-order valence-corrected chi connectivity index (χ0v) is 15.6. The lowest BCUT2D eigenvalue weighted by molar-refractivity contribution is 0.0932. The molecule has 2 aliphatic carbocycles. The fourth-order valence-corrected chi connectivity index (χ4v) is 4.25. The van der Waals surface area contributed by atoms with Crippen LogP contribution in [0.3, 0.4) is 0 Å². The van der Waals surface area contributed by atoms with Crippen molar-refractivity contribution in [2.75, 3.05) is 0 Å².